The molecular formula is C13H19F2NO2. The Hall–Kier alpha value is -1.04. The SMILES string of the molecule is COCCNCC(C)(O)Cc1cc(F)cc(F)c1. The van der Waals surface area contributed by atoms with Crippen molar-refractivity contribution in [3.8, 4) is 0 Å². The van der Waals surface area contributed by atoms with Gasteiger partial charge in [-0.2, -0.15) is 0 Å². The van der Waals surface area contributed by atoms with Crippen LogP contribution in [0.5, 0.6) is 0 Å². The summed E-state index contributed by atoms with van der Waals surface area (Å²) in [5, 5.41) is 13.1. The van der Waals surface area contributed by atoms with Crippen molar-refractivity contribution in [1.29, 1.82) is 0 Å². The molecule has 0 heterocycles. The molecule has 0 aliphatic rings. The topological polar surface area (TPSA) is 41.5 Å². The van der Waals surface area contributed by atoms with Gasteiger partial charge in [0.2, 0.25) is 0 Å². The molecule has 0 aliphatic heterocycles. The van der Waals surface area contributed by atoms with Crippen molar-refractivity contribution in [3.05, 3.63) is 35.4 Å². The number of rotatable bonds is 7. The Morgan fingerprint density at radius 1 is 1.28 bits per heavy atom. The van der Waals surface area contributed by atoms with Crippen molar-refractivity contribution in [2.75, 3.05) is 26.8 Å². The molecule has 0 aromatic heterocycles. The van der Waals surface area contributed by atoms with E-state index in [2.05, 4.69) is 5.32 Å². The van der Waals surface area contributed by atoms with Gasteiger partial charge >= 0.3 is 0 Å². The second-order valence-corrected chi connectivity index (χ2v) is 4.62. The third-order valence-electron chi connectivity index (χ3n) is 2.50. The smallest absolute Gasteiger partial charge is 0.126 e. The van der Waals surface area contributed by atoms with E-state index < -0.39 is 17.2 Å². The third kappa shape index (κ3) is 5.53. The molecule has 2 N–H and O–H groups in total. The molecule has 0 spiro atoms. The molecule has 1 unspecified atom stereocenters. The van der Waals surface area contributed by atoms with Crippen LogP contribution in [0.2, 0.25) is 0 Å². The zero-order valence-corrected chi connectivity index (χ0v) is 10.7. The molecule has 0 amide bonds. The predicted octanol–water partition coefficient (Wildman–Crippen LogP) is 1.49. The highest BCUT2D eigenvalue weighted by atomic mass is 19.1. The molecule has 1 aromatic rings. The quantitative estimate of drug-likeness (QED) is 0.729. The minimum absolute atomic E-state index is 0.182. The fourth-order valence-electron chi connectivity index (χ4n) is 1.75. The molecule has 0 fully saturated rings. The number of aliphatic hydroxyl groups is 1. The van der Waals surface area contributed by atoms with Crippen molar-refractivity contribution in [2.24, 2.45) is 0 Å². The molecule has 1 rings (SSSR count). The lowest BCUT2D eigenvalue weighted by Crippen LogP contribution is -2.40. The summed E-state index contributed by atoms with van der Waals surface area (Å²) < 4.78 is 30.9. The number of hydrogen-bond acceptors (Lipinski definition) is 3. The fraction of sp³-hybridized carbons (Fsp3) is 0.538. The predicted molar refractivity (Wildman–Crippen MR) is 65.4 cm³/mol. The average Bonchev–Trinajstić information content (AvgIpc) is 2.22. The fourth-order valence-corrected chi connectivity index (χ4v) is 1.75. The summed E-state index contributed by atoms with van der Waals surface area (Å²) in [7, 11) is 1.59. The molecular weight excluding hydrogens is 240 g/mol. The highest BCUT2D eigenvalue weighted by molar-refractivity contribution is 5.19. The maximum atomic E-state index is 13.0. The Morgan fingerprint density at radius 2 is 1.89 bits per heavy atom. The van der Waals surface area contributed by atoms with E-state index in [4.69, 9.17) is 4.74 Å². The lowest BCUT2D eigenvalue weighted by molar-refractivity contribution is 0.0580. The Morgan fingerprint density at radius 3 is 2.44 bits per heavy atom. The third-order valence-corrected chi connectivity index (χ3v) is 2.50. The van der Waals surface area contributed by atoms with E-state index >= 15 is 0 Å². The average molecular weight is 259 g/mol. The van der Waals surface area contributed by atoms with Crippen molar-refractivity contribution in [3.63, 3.8) is 0 Å². The minimum atomic E-state index is -1.06. The molecule has 0 saturated heterocycles. The standard InChI is InChI=1S/C13H19F2NO2/c1-13(17,9-16-3-4-18-2)8-10-5-11(14)7-12(15)6-10/h5-7,16-17H,3-4,8-9H2,1-2H3. The van der Waals surface area contributed by atoms with Crippen LogP contribution in [0.15, 0.2) is 18.2 Å². The second-order valence-electron chi connectivity index (χ2n) is 4.62. The minimum Gasteiger partial charge on any atom is -0.389 e. The largest absolute Gasteiger partial charge is 0.389 e. The van der Waals surface area contributed by atoms with Gasteiger partial charge in [0.05, 0.1) is 12.2 Å². The van der Waals surface area contributed by atoms with E-state index in [1.165, 1.54) is 12.1 Å². The van der Waals surface area contributed by atoms with Crippen LogP contribution < -0.4 is 5.32 Å². The first-order valence-electron chi connectivity index (χ1n) is 5.80. The zero-order chi connectivity index (χ0) is 13.6. The number of halogens is 2. The first-order chi connectivity index (χ1) is 8.43. The van der Waals surface area contributed by atoms with Crippen LogP contribution in [0.25, 0.3) is 0 Å². The highest BCUT2D eigenvalue weighted by Gasteiger charge is 2.21. The van der Waals surface area contributed by atoms with Crippen LogP contribution in [-0.2, 0) is 11.2 Å². The number of ether oxygens (including phenoxy) is 1. The molecule has 18 heavy (non-hydrogen) atoms. The summed E-state index contributed by atoms with van der Waals surface area (Å²) in [6, 6.07) is 3.27. The van der Waals surface area contributed by atoms with Crippen molar-refractivity contribution < 1.29 is 18.6 Å². The molecule has 3 nitrogen and oxygen atoms in total. The normalized spacial score (nSPS) is 14.5. The maximum Gasteiger partial charge on any atom is 0.126 e. The number of nitrogens with one attached hydrogen (secondary N) is 1. The summed E-state index contributed by atoms with van der Waals surface area (Å²) in [5.41, 5.74) is -0.625. The molecule has 0 bridgehead atoms. The van der Waals surface area contributed by atoms with Gasteiger partial charge in [-0.15, -0.1) is 0 Å². The van der Waals surface area contributed by atoms with Crippen molar-refractivity contribution >= 4 is 0 Å². The van der Waals surface area contributed by atoms with Crippen LogP contribution in [0.4, 0.5) is 8.78 Å². The van der Waals surface area contributed by atoms with Gasteiger partial charge < -0.3 is 15.2 Å². The number of methoxy groups -OCH3 is 1. The van der Waals surface area contributed by atoms with Gasteiger partial charge in [-0.3, -0.25) is 0 Å². The molecule has 5 heteroatoms. The second kappa shape index (κ2) is 6.78. The first kappa shape index (κ1) is 15.0. The van der Waals surface area contributed by atoms with Crippen LogP contribution in [-0.4, -0.2) is 37.5 Å². The van der Waals surface area contributed by atoms with Crippen molar-refractivity contribution in [2.45, 2.75) is 18.9 Å². The lowest BCUT2D eigenvalue weighted by Gasteiger charge is -2.24. The Kier molecular flexibility index (Phi) is 5.65. The van der Waals surface area contributed by atoms with Gasteiger partial charge in [0.15, 0.2) is 0 Å². The lowest BCUT2D eigenvalue weighted by atomic mass is 9.96. The summed E-state index contributed by atoms with van der Waals surface area (Å²) in [5.74, 6) is -1.26. The Labute approximate surface area is 106 Å². The summed E-state index contributed by atoms with van der Waals surface area (Å²) in [4.78, 5) is 0. The van der Waals surface area contributed by atoms with E-state index in [1.54, 1.807) is 14.0 Å². The maximum absolute atomic E-state index is 13.0. The van der Waals surface area contributed by atoms with Gasteiger partial charge in [0, 0.05) is 32.7 Å². The monoisotopic (exact) mass is 259 g/mol. The van der Waals surface area contributed by atoms with Gasteiger partial charge in [-0.1, -0.05) is 0 Å². The summed E-state index contributed by atoms with van der Waals surface area (Å²) in [6.45, 7) is 3.11. The Bertz CT molecular complexity index is 363. The van der Waals surface area contributed by atoms with E-state index in [1.807, 2.05) is 0 Å². The van der Waals surface area contributed by atoms with Gasteiger partial charge in [0.25, 0.3) is 0 Å². The summed E-state index contributed by atoms with van der Waals surface area (Å²) in [6.07, 6.45) is 0.182. The molecule has 0 saturated carbocycles. The van der Waals surface area contributed by atoms with E-state index in [-0.39, 0.29) is 6.42 Å². The van der Waals surface area contributed by atoms with Crippen molar-refractivity contribution in [1.82, 2.24) is 5.32 Å². The van der Waals surface area contributed by atoms with Gasteiger partial charge in [0.1, 0.15) is 11.6 Å². The Balaban J connectivity index is 2.53. The van der Waals surface area contributed by atoms with Crippen LogP contribution in [0.1, 0.15) is 12.5 Å². The van der Waals surface area contributed by atoms with E-state index in [0.29, 0.717) is 25.3 Å². The van der Waals surface area contributed by atoms with E-state index in [0.717, 1.165) is 6.07 Å². The summed E-state index contributed by atoms with van der Waals surface area (Å²) >= 11 is 0. The van der Waals surface area contributed by atoms with Crippen LogP contribution in [0, 0.1) is 11.6 Å². The molecule has 102 valence electrons. The molecule has 1 atom stereocenters. The first-order valence-corrected chi connectivity index (χ1v) is 5.80. The zero-order valence-electron chi connectivity index (χ0n) is 10.7. The van der Waals surface area contributed by atoms with E-state index in [9.17, 15) is 13.9 Å². The van der Waals surface area contributed by atoms with Gasteiger partial charge in [-0.25, -0.2) is 8.78 Å². The van der Waals surface area contributed by atoms with Gasteiger partial charge in [-0.05, 0) is 24.6 Å². The molecule has 1 aromatic carbocycles. The van der Waals surface area contributed by atoms with Crippen LogP contribution in [0.3, 0.4) is 0 Å². The number of hydrogen-bond donors (Lipinski definition) is 2. The molecule has 0 aliphatic carbocycles. The molecule has 0 radical (unpaired) electrons. The van der Waals surface area contributed by atoms with Crippen LogP contribution >= 0.6 is 0 Å². The highest BCUT2D eigenvalue weighted by Crippen LogP contribution is 2.15. The number of benzene rings is 1.